The van der Waals surface area contributed by atoms with E-state index in [0.29, 0.717) is 35.3 Å². The summed E-state index contributed by atoms with van der Waals surface area (Å²) in [6.45, 7) is 4.56. The Labute approximate surface area is 171 Å². The second-order valence-electron chi connectivity index (χ2n) is 6.33. The van der Waals surface area contributed by atoms with Crippen LogP contribution >= 0.6 is 27.5 Å². The van der Waals surface area contributed by atoms with Crippen molar-refractivity contribution in [3.8, 4) is 5.75 Å². The van der Waals surface area contributed by atoms with Gasteiger partial charge in [-0.2, -0.15) is 0 Å². The number of carbonyl (C=O) groups is 2. The molecule has 1 saturated heterocycles. The first-order valence-electron chi connectivity index (χ1n) is 8.70. The van der Waals surface area contributed by atoms with Crippen molar-refractivity contribution in [1.29, 1.82) is 0 Å². The SMILES string of the molecule is CCOc1ccccc1N1C[C@@H](C(=O)Nc2ccc(Br)c(Cl)c2C)CC1=O. The van der Waals surface area contributed by atoms with Gasteiger partial charge in [-0.3, -0.25) is 9.59 Å². The Balaban J connectivity index is 1.76. The minimum absolute atomic E-state index is 0.0899. The molecule has 5 nitrogen and oxygen atoms in total. The minimum atomic E-state index is -0.436. The third kappa shape index (κ3) is 4.12. The average molecular weight is 452 g/mol. The summed E-state index contributed by atoms with van der Waals surface area (Å²) in [4.78, 5) is 26.9. The summed E-state index contributed by atoms with van der Waals surface area (Å²) in [6.07, 6.45) is 0.162. The van der Waals surface area contributed by atoms with Crippen LogP contribution in [0.5, 0.6) is 5.75 Å². The second-order valence-corrected chi connectivity index (χ2v) is 7.56. The molecule has 0 bridgehead atoms. The summed E-state index contributed by atoms with van der Waals surface area (Å²) < 4.78 is 6.39. The number of benzene rings is 2. The van der Waals surface area contributed by atoms with Crippen LogP contribution in [0.15, 0.2) is 40.9 Å². The third-order valence-electron chi connectivity index (χ3n) is 4.55. The number of para-hydroxylation sites is 2. The lowest BCUT2D eigenvalue weighted by Gasteiger charge is -2.20. The molecule has 0 spiro atoms. The summed E-state index contributed by atoms with van der Waals surface area (Å²) in [7, 11) is 0. The normalized spacial score (nSPS) is 16.5. The molecule has 27 heavy (non-hydrogen) atoms. The zero-order valence-electron chi connectivity index (χ0n) is 15.1. The van der Waals surface area contributed by atoms with Gasteiger partial charge < -0.3 is 15.0 Å². The standard InChI is InChI=1S/C20H20BrClN2O3/c1-3-27-17-7-5-4-6-16(17)24-11-13(10-18(24)25)20(26)23-15-9-8-14(21)19(22)12(15)2/h4-9,13H,3,10-11H2,1-2H3,(H,23,26)/t13-/m0/s1. The molecule has 2 aromatic rings. The molecule has 0 aliphatic carbocycles. The Bertz CT molecular complexity index is 888. The van der Waals surface area contributed by atoms with Crippen molar-refractivity contribution in [2.24, 2.45) is 5.92 Å². The first-order chi connectivity index (χ1) is 12.9. The molecular formula is C20H20BrClN2O3. The molecule has 3 rings (SSSR count). The van der Waals surface area contributed by atoms with Gasteiger partial charge in [-0.1, -0.05) is 23.7 Å². The number of ether oxygens (including phenoxy) is 1. The number of anilines is 2. The predicted octanol–water partition coefficient (Wildman–Crippen LogP) is 4.80. The van der Waals surface area contributed by atoms with E-state index in [0.717, 1.165) is 10.0 Å². The number of carbonyl (C=O) groups excluding carboxylic acids is 2. The van der Waals surface area contributed by atoms with Crippen LogP contribution in [0.25, 0.3) is 0 Å². The average Bonchev–Trinajstić information content (AvgIpc) is 3.04. The number of hydrogen-bond donors (Lipinski definition) is 1. The van der Waals surface area contributed by atoms with E-state index in [-0.39, 0.29) is 18.2 Å². The summed E-state index contributed by atoms with van der Waals surface area (Å²) in [5.74, 6) is -0.0759. The van der Waals surface area contributed by atoms with Gasteiger partial charge in [-0.15, -0.1) is 0 Å². The van der Waals surface area contributed by atoms with Crippen molar-refractivity contribution in [1.82, 2.24) is 0 Å². The smallest absolute Gasteiger partial charge is 0.229 e. The van der Waals surface area contributed by atoms with E-state index in [9.17, 15) is 9.59 Å². The number of halogens is 2. The van der Waals surface area contributed by atoms with Crippen molar-refractivity contribution < 1.29 is 14.3 Å². The molecule has 2 amide bonds. The number of rotatable bonds is 5. The van der Waals surface area contributed by atoms with E-state index >= 15 is 0 Å². The highest BCUT2D eigenvalue weighted by Gasteiger charge is 2.36. The van der Waals surface area contributed by atoms with Gasteiger partial charge in [0.1, 0.15) is 5.75 Å². The number of amides is 2. The molecule has 0 aromatic heterocycles. The fourth-order valence-electron chi connectivity index (χ4n) is 3.10. The highest BCUT2D eigenvalue weighted by atomic mass is 79.9. The van der Waals surface area contributed by atoms with E-state index in [1.54, 1.807) is 17.0 Å². The Hall–Kier alpha value is -2.05. The number of nitrogens with one attached hydrogen (secondary N) is 1. The maximum atomic E-state index is 12.7. The maximum Gasteiger partial charge on any atom is 0.229 e. The van der Waals surface area contributed by atoms with E-state index in [2.05, 4.69) is 21.2 Å². The fraction of sp³-hybridized carbons (Fsp3) is 0.300. The topological polar surface area (TPSA) is 58.6 Å². The number of nitrogens with zero attached hydrogens (tertiary/aromatic N) is 1. The molecule has 142 valence electrons. The van der Waals surface area contributed by atoms with E-state index in [4.69, 9.17) is 16.3 Å². The van der Waals surface area contributed by atoms with Gasteiger partial charge >= 0.3 is 0 Å². The van der Waals surface area contributed by atoms with Crippen molar-refractivity contribution in [2.75, 3.05) is 23.4 Å². The van der Waals surface area contributed by atoms with Crippen molar-refractivity contribution in [3.05, 3.63) is 51.5 Å². The Morgan fingerprint density at radius 1 is 1.33 bits per heavy atom. The molecule has 1 aliphatic rings. The lowest BCUT2D eigenvalue weighted by Crippen LogP contribution is -2.28. The second kappa shape index (κ2) is 8.31. The van der Waals surface area contributed by atoms with Gasteiger partial charge in [0.15, 0.2) is 0 Å². The van der Waals surface area contributed by atoms with Gasteiger partial charge in [0.05, 0.1) is 23.2 Å². The first kappa shape index (κ1) is 19.7. The van der Waals surface area contributed by atoms with Crippen LogP contribution in [0.2, 0.25) is 5.02 Å². The zero-order chi connectivity index (χ0) is 19.6. The summed E-state index contributed by atoms with van der Waals surface area (Å²) in [5, 5.41) is 3.46. The van der Waals surface area contributed by atoms with E-state index in [1.165, 1.54) is 0 Å². The van der Waals surface area contributed by atoms with Gasteiger partial charge in [-0.25, -0.2) is 0 Å². The lowest BCUT2D eigenvalue weighted by molar-refractivity contribution is -0.122. The Kier molecular flexibility index (Phi) is 6.07. The molecule has 1 N–H and O–H groups in total. The molecule has 7 heteroatoms. The molecule has 1 atom stereocenters. The van der Waals surface area contributed by atoms with Gasteiger partial charge in [0.25, 0.3) is 0 Å². The number of hydrogen-bond acceptors (Lipinski definition) is 3. The zero-order valence-corrected chi connectivity index (χ0v) is 17.4. The van der Waals surface area contributed by atoms with Crippen molar-refractivity contribution in [3.63, 3.8) is 0 Å². The van der Waals surface area contributed by atoms with Gasteiger partial charge in [-0.05, 0) is 59.6 Å². The van der Waals surface area contributed by atoms with Crippen LogP contribution in [-0.2, 0) is 9.59 Å². The minimum Gasteiger partial charge on any atom is -0.492 e. The van der Waals surface area contributed by atoms with Crippen LogP contribution in [0, 0.1) is 12.8 Å². The summed E-state index contributed by atoms with van der Waals surface area (Å²) in [6, 6.07) is 11.0. The molecule has 0 saturated carbocycles. The monoisotopic (exact) mass is 450 g/mol. The Morgan fingerprint density at radius 2 is 2.07 bits per heavy atom. The van der Waals surface area contributed by atoms with Crippen LogP contribution in [0.4, 0.5) is 11.4 Å². The Morgan fingerprint density at radius 3 is 2.81 bits per heavy atom. The maximum absolute atomic E-state index is 12.7. The van der Waals surface area contributed by atoms with Crippen molar-refractivity contribution in [2.45, 2.75) is 20.3 Å². The van der Waals surface area contributed by atoms with Crippen LogP contribution in [0.3, 0.4) is 0 Å². The lowest BCUT2D eigenvalue weighted by atomic mass is 10.1. The quantitative estimate of drug-likeness (QED) is 0.710. The van der Waals surface area contributed by atoms with Gasteiger partial charge in [0.2, 0.25) is 11.8 Å². The van der Waals surface area contributed by atoms with Crippen LogP contribution < -0.4 is 15.0 Å². The van der Waals surface area contributed by atoms with Gasteiger partial charge in [0, 0.05) is 23.1 Å². The highest BCUT2D eigenvalue weighted by Crippen LogP contribution is 2.34. The molecule has 2 aromatic carbocycles. The summed E-state index contributed by atoms with van der Waals surface area (Å²) in [5.41, 5.74) is 2.12. The molecule has 0 unspecified atom stereocenters. The molecule has 0 radical (unpaired) electrons. The van der Waals surface area contributed by atoms with Crippen LogP contribution in [0.1, 0.15) is 18.9 Å². The van der Waals surface area contributed by atoms with Crippen molar-refractivity contribution >= 4 is 50.7 Å². The molecule has 1 heterocycles. The molecule has 1 fully saturated rings. The molecule has 1 aliphatic heterocycles. The van der Waals surface area contributed by atoms with E-state index < -0.39 is 5.92 Å². The predicted molar refractivity (Wildman–Crippen MR) is 111 cm³/mol. The third-order valence-corrected chi connectivity index (χ3v) is 5.93. The highest BCUT2D eigenvalue weighted by molar-refractivity contribution is 9.10. The van der Waals surface area contributed by atoms with E-state index in [1.807, 2.05) is 38.1 Å². The van der Waals surface area contributed by atoms with Crippen LogP contribution in [-0.4, -0.2) is 25.0 Å². The first-order valence-corrected chi connectivity index (χ1v) is 9.87. The largest absolute Gasteiger partial charge is 0.492 e. The molecular weight excluding hydrogens is 432 g/mol. The fourth-order valence-corrected chi connectivity index (χ4v) is 3.69. The summed E-state index contributed by atoms with van der Waals surface area (Å²) >= 11 is 9.59.